The van der Waals surface area contributed by atoms with Crippen LogP contribution in [0.15, 0.2) is 35.5 Å². The van der Waals surface area contributed by atoms with Crippen molar-refractivity contribution in [1.29, 1.82) is 0 Å². The normalized spacial score (nSPS) is 20.6. The summed E-state index contributed by atoms with van der Waals surface area (Å²) in [6.45, 7) is 1.83. The molecule has 2 N–H and O–H groups in total. The molecular weight excluding hydrogens is 455 g/mol. The predicted octanol–water partition coefficient (Wildman–Crippen LogP) is 2.63. The van der Waals surface area contributed by atoms with Gasteiger partial charge >= 0.3 is 0 Å². The van der Waals surface area contributed by atoms with E-state index in [9.17, 15) is 19.2 Å². The molecule has 1 unspecified atom stereocenters. The molecule has 35 heavy (non-hydrogen) atoms. The van der Waals surface area contributed by atoms with E-state index in [-0.39, 0.29) is 31.6 Å². The van der Waals surface area contributed by atoms with E-state index in [1.54, 1.807) is 18.2 Å². The van der Waals surface area contributed by atoms with Crippen LogP contribution in [0.25, 0.3) is 0 Å². The highest BCUT2D eigenvalue weighted by Crippen LogP contribution is 2.36. The van der Waals surface area contributed by atoms with Gasteiger partial charge in [0.2, 0.25) is 0 Å². The van der Waals surface area contributed by atoms with Crippen molar-refractivity contribution in [2.45, 2.75) is 38.5 Å². The van der Waals surface area contributed by atoms with Crippen LogP contribution in [-0.4, -0.2) is 60.6 Å². The van der Waals surface area contributed by atoms with E-state index in [1.165, 1.54) is 23.5 Å². The third-order valence-corrected chi connectivity index (χ3v) is 6.87. The van der Waals surface area contributed by atoms with E-state index in [1.807, 2.05) is 0 Å². The molecule has 0 radical (unpaired) electrons. The summed E-state index contributed by atoms with van der Waals surface area (Å²) >= 11 is 0. The second-order valence-corrected chi connectivity index (χ2v) is 9.06. The molecule has 0 saturated carbocycles. The van der Waals surface area contributed by atoms with E-state index in [0.29, 0.717) is 46.3 Å². The standard InChI is InChI=1S/C25H27FN4O5/c1-29-8-2-3-19(29)6-7-27-24(31)15-4-5-20-21(11-15)30(25(32)22(20)28-33)12-16-9-18(26)10-17-13-34-14-35-23(16)17/h4-5,9-11,19,33H,2-3,6-8,12-14H2,1H3,(H,27,31)/b28-22-. The van der Waals surface area contributed by atoms with Crippen molar-refractivity contribution in [3.05, 3.63) is 58.4 Å². The van der Waals surface area contributed by atoms with Gasteiger partial charge in [0.1, 0.15) is 11.6 Å². The molecule has 1 atom stereocenters. The second-order valence-electron chi connectivity index (χ2n) is 9.06. The number of ether oxygens (including phenoxy) is 2. The number of hydrogen-bond acceptors (Lipinski definition) is 7. The van der Waals surface area contributed by atoms with E-state index in [4.69, 9.17) is 9.47 Å². The number of rotatable bonds is 6. The Kier molecular flexibility index (Phi) is 6.40. The van der Waals surface area contributed by atoms with Gasteiger partial charge in [0.05, 0.1) is 18.8 Å². The van der Waals surface area contributed by atoms with Crippen molar-refractivity contribution in [2.24, 2.45) is 5.16 Å². The lowest BCUT2D eigenvalue weighted by molar-refractivity contribution is -0.112. The maximum atomic E-state index is 14.3. The number of carbonyl (C=O) groups is 2. The summed E-state index contributed by atoms with van der Waals surface area (Å²) in [5, 5.41) is 15.6. The smallest absolute Gasteiger partial charge is 0.281 e. The van der Waals surface area contributed by atoms with Crippen LogP contribution in [-0.2, 0) is 22.7 Å². The summed E-state index contributed by atoms with van der Waals surface area (Å²) in [4.78, 5) is 29.6. The Bertz CT molecular complexity index is 1200. The van der Waals surface area contributed by atoms with Crippen LogP contribution in [0.4, 0.5) is 10.1 Å². The molecule has 0 bridgehead atoms. The Hall–Kier alpha value is -3.50. The Morgan fingerprint density at radius 2 is 2.17 bits per heavy atom. The van der Waals surface area contributed by atoms with Gasteiger partial charge in [0.25, 0.3) is 11.8 Å². The van der Waals surface area contributed by atoms with Gasteiger partial charge in [-0.3, -0.25) is 9.59 Å². The van der Waals surface area contributed by atoms with Crippen LogP contribution < -0.4 is 15.0 Å². The number of benzene rings is 2. The van der Waals surface area contributed by atoms with Crippen molar-refractivity contribution in [3.8, 4) is 5.75 Å². The quantitative estimate of drug-likeness (QED) is 0.485. The van der Waals surface area contributed by atoms with E-state index >= 15 is 0 Å². The average molecular weight is 483 g/mol. The molecule has 0 aromatic heterocycles. The zero-order valence-corrected chi connectivity index (χ0v) is 19.4. The van der Waals surface area contributed by atoms with Gasteiger partial charge in [-0.2, -0.15) is 0 Å². The number of nitrogens with one attached hydrogen (secondary N) is 1. The summed E-state index contributed by atoms with van der Waals surface area (Å²) in [6, 6.07) is 7.90. The largest absolute Gasteiger partial charge is 0.467 e. The van der Waals surface area contributed by atoms with Crippen molar-refractivity contribution in [2.75, 3.05) is 31.8 Å². The lowest BCUT2D eigenvalue weighted by atomic mass is 10.1. The fraction of sp³-hybridized carbons (Fsp3) is 0.400. The molecule has 1 fully saturated rings. The number of amides is 2. The van der Waals surface area contributed by atoms with Crippen LogP contribution in [0.5, 0.6) is 5.75 Å². The first-order valence-corrected chi connectivity index (χ1v) is 11.6. The highest BCUT2D eigenvalue weighted by atomic mass is 19.1. The van der Waals surface area contributed by atoms with E-state index in [0.717, 1.165) is 19.4 Å². The first-order chi connectivity index (χ1) is 17.0. The molecule has 2 amide bonds. The number of fused-ring (bicyclic) bond motifs is 2. The van der Waals surface area contributed by atoms with Gasteiger partial charge in [0.15, 0.2) is 12.5 Å². The third kappa shape index (κ3) is 4.46. The first-order valence-electron chi connectivity index (χ1n) is 11.6. The van der Waals surface area contributed by atoms with Gasteiger partial charge in [-0.25, -0.2) is 4.39 Å². The Morgan fingerprint density at radius 3 is 2.94 bits per heavy atom. The topological polar surface area (TPSA) is 104 Å². The number of carbonyl (C=O) groups excluding carboxylic acids is 2. The van der Waals surface area contributed by atoms with Crippen molar-refractivity contribution < 1.29 is 28.7 Å². The van der Waals surface area contributed by atoms with Crippen LogP contribution in [0.3, 0.4) is 0 Å². The first kappa shape index (κ1) is 23.3. The summed E-state index contributed by atoms with van der Waals surface area (Å²) in [5.41, 5.74) is 2.07. The molecule has 3 aliphatic rings. The summed E-state index contributed by atoms with van der Waals surface area (Å²) < 4.78 is 25.1. The Balaban J connectivity index is 1.38. The van der Waals surface area contributed by atoms with Crippen LogP contribution in [0, 0.1) is 5.82 Å². The fourth-order valence-electron chi connectivity index (χ4n) is 5.05. The van der Waals surface area contributed by atoms with E-state index in [2.05, 4.69) is 22.4 Å². The molecule has 3 heterocycles. The van der Waals surface area contributed by atoms with Crippen molar-refractivity contribution >= 4 is 23.2 Å². The van der Waals surface area contributed by atoms with Crippen LogP contribution >= 0.6 is 0 Å². The molecule has 0 aliphatic carbocycles. The highest BCUT2D eigenvalue weighted by Gasteiger charge is 2.36. The van der Waals surface area contributed by atoms with Crippen molar-refractivity contribution in [1.82, 2.24) is 10.2 Å². The average Bonchev–Trinajstić information content (AvgIpc) is 3.38. The minimum absolute atomic E-state index is 0.0238. The molecule has 0 spiro atoms. The maximum Gasteiger partial charge on any atom is 0.281 e. The Labute approximate surface area is 202 Å². The maximum absolute atomic E-state index is 14.3. The molecule has 10 heteroatoms. The van der Waals surface area contributed by atoms with Crippen molar-refractivity contribution in [3.63, 3.8) is 0 Å². The monoisotopic (exact) mass is 482 g/mol. The van der Waals surface area contributed by atoms with Gasteiger partial charge in [-0.1, -0.05) is 5.16 Å². The molecule has 2 aromatic rings. The van der Waals surface area contributed by atoms with Crippen LogP contribution in [0.1, 0.15) is 46.3 Å². The summed E-state index contributed by atoms with van der Waals surface area (Å²) in [6.07, 6.45) is 3.17. The molecular formula is C25H27FN4O5. The lowest BCUT2D eigenvalue weighted by Crippen LogP contribution is -2.32. The minimum Gasteiger partial charge on any atom is -0.467 e. The zero-order chi connectivity index (χ0) is 24.5. The predicted molar refractivity (Wildman–Crippen MR) is 125 cm³/mol. The fourth-order valence-corrected chi connectivity index (χ4v) is 5.05. The molecule has 5 rings (SSSR count). The Morgan fingerprint density at radius 1 is 1.31 bits per heavy atom. The second kappa shape index (κ2) is 9.63. The molecule has 1 saturated heterocycles. The van der Waals surface area contributed by atoms with Crippen LogP contribution in [0.2, 0.25) is 0 Å². The third-order valence-electron chi connectivity index (χ3n) is 6.87. The molecule has 3 aliphatic heterocycles. The number of likely N-dealkylation sites (tertiary alicyclic amines) is 1. The number of anilines is 1. The number of oxime groups is 1. The number of halogens is 1. The van der Waals surface area contributed by atoms with Gasteiger partial charge < -0.3 is 29.8 Å². The lowest BCUT2D eigenvalue weighted by Gasteiger charge is -2.24. The highest BCUT2D eigenvalue weighted by molar-refractivity contribution is 6.54. The summed E-state index contributed by atoms with van der Waals surface area (Å²) in [7, 11) is 2.10. The number of hydrogen-bond donors (Lipinski definition) is 2. The number of nitrogens with zero attached hydrogens (tertiary/aromatic N) is 3. The minimum atomic E-state index is -0.547. The molecule has 2 aromatic carbocycles. The van der Waals surface area contributed by atoms with Gasteiger partial charge in [-0.05, 0) is 63.2 Å². The summed E-state index contributed by atoms with van der Waals surface area (Å²) in [5.74, 6) is -0.808. The van der Waals surface area contributed by atoms with Gasteiger partial charge in [0, 0.05) is 34.8 Å². The zero-order valence-electron chi connectivity index (χ0n) is 19.4. The van der Waals surface area contributed by atoms with E-state index < -0.39 is 11.7 Å². The SMILES string of the molecule is CN1CCCC1CCNC(=O)c1ccc2c(c1)N(Cc1cc(F)cc3c1OCOC3)C(=O)/C2=N\O. The molecule has 9 nitrogen and oxygen atoms in total. The molecule has 184 valence electrons. The van der Waals surface area contributed by atoms with Gasteiger partial charge in [-0.15, -0.1) is 0 Å².